The molecule has 1 aromatic heterocycles. The van der Waals surface area contributed by atoms with Gasteiger partial charge in [0.05, 0.1) is 0 Å². The molecule has 1 atom stereocenters. The van der Waals surface area contributed by atoms with Crippen molar-refractivity contribution in [2.45, 2.75) is 19.4 Å². The lowest BCUT2D eigenvalue weighted by atomic mass is 10.00. The number of nitrogens with one attached hydrogen (secondary N) is 1. The van der Waals surface area contributed by atoms with Crippen molar-refractivity contribution in [2.75, 3.05) is 13.6 Å². The fraction of sp³-hybridized carbons (Fsp3) is 0.750. The molecule has 1 aromatic rings. The molecule has 4 nitrogen and oxygen atoms in total. The van der Waals surface area contributed by atoms with Crippen molar-refractivity contribution in [3.63, 3.8) is 0 Å². The van der Waals surface area contributed by atoms with Crippen LogP contribution in [-0.4, -0.2) is 28.4 Å². The lowest BCUT2D eigenvalue weighted by molar-refractivity contribution is 0.335. The molecule has 0 amide bonds. The Labute approximate surface area is 85.9 Å². The summed E-state index contributed by atoms with van der Waals surface area (Å²) < 4.78 is 2.72. The van der Waals surface area contributed by atoms with Crippen molar-refractivity contribution < 1.29 is 0 Å². The highest BCUT2D eigenvalue weighted by Crippen LogP contribution is 2.18. The molecule has 0 aromatic carbocycles. The zero-order chi connectivity index (χ0) is 9.26. The lowest BCUT2D eigenvalue weighted by Crippen LogP contribution is -2.28. The number of hydrogen-bond donors (Lipinski definition) is 1. The molecule has 2 rings (SSSR count). The van der Waals surface area contributed by atoms with Crippen LogP contribution in [0, 0.1) is 5.92 Å². The summed E-state index contributed by atoms with van der Waals surface area (Å²) in [6, 6.07) is 0. The van der Waals surface area contributed by atoms with Gasteiger partial charge in [-0.25, -0.2) is 9.67 Å². The van der Waals surface area contributed by atoms with E-state index < -0.39 is 0 Å². The predicted molar refractivity (Wildman–Crippen MR) is 53.5 cm³/mol. The third-order valence-electron chi connectivity index (χ3n) is 2.42. The van der Waals surface area contributed by atoms with Gasteiger partial charge in [0.2, 0.25) is 4.73 Å². The first-order valence-corrected chi connectivity index (χ1v) is 5.32. The number of rotatable bonds is 2. The first-order chi connectivity index (χ1) is 6.29. The zero-order valence-electron chi connectivity index (χ0n) is 7.63. The van der Waals surface area contributed by atoms with Crippen LogP contribution in [0.2, 0.25) is 0 Å². The molecule has 0 aliphatic carbocycles. The number of halogens is 1. The zero-order valence-corrected chi connectivity index (χ0v) is 9.21. The maximum atomic E-state index is 4.29. The van der Waals surface area contributed by atoms with Gasteiger partial charge in [-0.1, -0.05) is 0 Å². The Hall–Kier alpha value is -0.420. The van der Waals surface area contributed by atoms with Crippen LogP contribution in [0.3, 0.4) is 0 Å². The number of nitrogens with zero attached hydrogens (tertiary/aromatic N) is 3. The summed E-state index contributed by atoms with van der Waals surface area (Å²) in [5.41, 5.74) is 0. The minimum absolute atomic E-state index is 0.700. The number of fused-ring (bicyclic) bond motifs is 1. The first kappa shape index (κ1) is 9.15. The normalized spacial score (nSPS) is 21.5. The Kier molecular flexibility index (Phi) is 2.64. The molecule has 0 fully saturated rings. The van der Waals surface area contributed by atoms with Crippen LogP contribution in [0.15, 0.2) is 4.73 Å². The number of aromatic nitrogens is 3. The predicted octanol–water partition coefficient (Wildman–Crippen LogP) is 0.822. The lowest BCUT2D eigenvalue weighted by Gasteiger charge is -2.21. The van der Waals surface area contributed by atoms with Gasteiger partial charge in [0.1, 0.15) is 5.82 Å². The van der Waals surface area contributed by atoms with E-state index in [0.717, 1.165) is 25.3 Å². The molecule has 0 saturated carbocycles. The van der Waals surface area contributed by atoms with E-state index in [2.05, 4.69) is 31.3 Å². The molecular formula is C8H13BrN4. The highest BCUT2D eigenvalue weighted by molar-refractivity contribution is 9.10. The Morgan fingerprint density at radius 1 is 1.69 bits per heavy atom. The fourth-order valence-electron chi connectivity index (χ4n) is 1.80. The van der Waals surface area contributed by atoms with Gasteiger partial charge in [-0.3, -0.25) is 0 Å². The van der Waals surface area contributed by atoms with Crippen LogP contribution in [-0.2, 0) is 13.0 Å². The molecule has 0 spiro atoms. The van der Waals surface area contributed by atoms with E-state index in [1.54, 1.807) is 0 Å². The van der Waals surface area contributed by atoms with E-state index in [1.165, 1.54) is 6.42 Å². The van der Waals surface area contributed by atoms with Gasteiger partial charge in [0, 0.05) is 13.0 Å². The average molecular weight is 245 g/mol. The summed E-state index contributed by atoms with van der Waals surface area (Å²) in [5, 5.41) is 7.48. The molecule has 2 heterocycles. The Morgan fingerprint density at radius 2 is 2.54 bits per heavy atom. The van der Waals surface area contributed by atoms with E-state index in [-0.39, 0.29) is 0 Å². The maximum absolute atomic E-state index is 4.29. The second-order valence-corrected chi connectivity index (χ2v) is 4.15. The molecule has 1 aliphatic rings. The minimum atomic E-state index is 0.700. The number of aryl methyl sites for hydroxylation is 1. The first-order valence-electron chi connectivity index (χ1n) is 4.53. The second kappa shape index (κ2) is 3.75. The van der Waals surface area contributed by atoms with Gasteiger partial charge >= 0.3 is 0 Å². The minimum Gasteiger partial charge on any atom is -0.319 e. The summed E-state index contributed by atoms with van der Waals surface area (Å²) in [7, 11) is 1.99. The smallest absolute Gasteiger partial charge is 0.217 e. The summed E-state index contributed by atoms with van der Waals surface area (Å²) in [6.45, 7) is 2.06. The molecule has 1 aliphatic heterocycles. The van der Waals surface area contributed by atoms with E-state index in [4.69, 9.17) is 0 Å². The van der Waals surface area contributed by atoms with Gasteiger partial charge < -0.3 is 5.32 Å². The highest BCUT2D eigenvalue weighted by Gasteiger charge is 2.20. The van der Waals surface area contributed by atoms with Crippen LogP contribution in [0.1, 0.15) is 12.2 Å². The Bertz CT molecular complexity index is 296. The maximum Gasteiger partial charge on any atom is 0.217 e. The van der Waals surface area contributed by atoms with Crippen LogP contribution >= 0.6 is 15.9 Å². The average Bonchev–Trinajstić information content (AvgIpc) is 2.44. The molecule has 72 valence electrons. The molecule has 0 radical (unpaired) electrons. The van der Waals surface area contributed by atoms with Crippen LogP contribution in [0.25, 0.3) is 0 Å². The highest BCUT2D eigenvalue weighted by atomic mass is 79.9. The van der Waals surface area contributed by atoms with Gasteiger partial charge in [0.15, 0.2) is 0 Å². The SMILES string of the molecule is CNCC1CCc2nc(Br)nn2C1. The summed E-state index contributed by atoms with van der Waals surface area (Å²) in [5.74, 6) is 1.81. The molecule has 0 bridgehead atoms. The van der Waals surface area contributed by atoms with Crippen molar-refractivity contribution in [1.82, 2.24) is 20.1 Å². The Morgan fingerprint density at radius 3 is 3.31 bits per heavy atom. The fourth-order valence-corrected chi connectivity index (χ4v) is 2.20. The third-order valence-corrected chi connectivity index (χ3v) is 2.76. The van der Waals surface area contributed by atoms with Gasteiger partial charge in [0.25, 0.3) is 0 Å². The van der Waals surface area contributed by atoms with Crippen molar-refractivity contribution in [2.24, 2.45) is 5.92 Å². The van der Waals surface area contributed by atoms with Crippen LogP contribution in [0.4, 0.5) is 0 Å². The van der Waals surface area contributed by atoms with Crippen molar-refractivity contribution in [3.05, 3.63) is 10.6 Å². The standard InChI is InChI=1S/C8H13BrN4/c1-10-4-6-2-3-7-11-8(9)12-13(7)5-6/h6,10H,2-5H2,1H3. The largest absolute Gasteiger partial charge is 0.319 e. The molecule has 1 N–H and O–H groups in total. The monoisotopic (exact) mass is 244 g/mol. The second-order valence-electron chi connectivity index (χ2n) is 3.44. The van der Waals surface area contributed by atoms with Gasteiger partial charge in [-0.15, -0.1) is 5.10 Å². The molecule has 1 unspecified atom stereocenters. The van der Waals surface area contributed by atoms with E-state index in [1.807, 2.05) is 11.7 Å². The van der Waals surface area contributed by atoms with Crippen molar-refractivity contribution in [1.29, 1.82) is 0 Å². The summed E-state index contributed by atoms with van der Waals surface area (Å²) in [4.78, 5) is 4.29. The van der Waals surface area contributed by atoms with E-state index >= 15 is 0 Å². The summed E-state index contributed by atoms with van der Waals surface area (Å²) >= 11 is 3.29. The topological polar surface area (TPSA) is 42.7 Å². The molecular weight excluding hydrogens is 232 g/mol. The van der Waals surface area contributed by atoms with Crippen molar-refractivity contribution >= 4 is 15.9 Å². The summed E-state index contributed by atoms with van der Waals surface area (Å²) in [6.07, 6.45) is 2.26. The molecule has 5 heteroatoms. The van der Waals surface area contributed by atoms with Crippen LogP contribution < -0.4 is 5.32 Å². The van der Waals surface area contributed by atoms with E-state index in [9.17, 15) is 0 Å². The quantitative estimate of drug-likeness (QED) is 0.838. The Balaban J connectivity index is 2.10. The van der Waals surface area contributed by atoms with E-state index in [0.29, 0.717) is 10.7 Å². The van der Waals surface area contributed by atoms with Gasteiger partial charge in [-0.05, 0) is 41.9 Å². The molecule has 13 heavy (non-hydrogen) atoms. The van der Waals surface area contributed by atoms with Crippen LogP contribution in [0.5, 0.6) is 0 Å². The van der Waals surface area contributed by atoms with Gasteiger partial charge in [-0.2, -0.15) is 0 Å². The third kappa shape index (κ3) is 1.91. The van der Waals surface area contributed by atoms with Crippen molar-refractivity contribution in [3.8, 4) is 0 Å². The molecule has 0 saturated heterocycles. The number of hydrogen-bond acceptors (Lipinski definition) is 3.